The molecule has 0 aromatic heterocycles. The Morgan fingerprint density at radius 2 is 1.60 bits per heavy atom. The van der Waals surface area contributed by atoms with Gasteiger partial charge in [-0.1, -0.05) is 0 Å². The van der Waals surface area contributed by atoms with E-state index in [-0.39, 0.29) is 39.1 Å². The van der Waals surface area contributed by atoms with Gasteiger partial charge in [-0.05, 0) is 0 Å². The zero-order valence-corrected chi connectivity index (χ0v) is 5.06. The maximum atomic E-state index is 8.00. The maximum absolute atomic E-state index is 8.00. The molecule has 0 aromatic rings. The molecule has 0 radical (unpaired) electrons. The molecule has 0 bridgehead atoms. The minimum Gasteiger partial charge on any atom is -0.444 e. The van der Waals surface area contributed by atoms with Crippen LogP contribution in [-0.2, 0) is 21.7 Å². The predicted octanol–water partition coefficient (Wildman–Crippen LogP) is -0.133. The summed E-state index contributed by atoms with van der Waals surface area (Å²) in [5, 5.41) is 9.00. The fraction of sp³-hybridized carbons (Fsp3) is 0. The first-order valence-corrected chi connectivity index (χ1v) is 0.365. The molecule has 5 heavy (non-hydrogen) atoms. The molecule has 20 valence electrons. The van der Waals surface area contributed by atoms with Crippen LogP contribution in [0.25, 0.3) is 0 Å². The van der Waals surface area contributed by atoms with Crippen molar-refractivity contribution in [3.8, 4) is 0 Å². The fourth-order valence-electron chi connectivity index (χ4n) is 0. The molecule has 0 fully saturated rings. The Morgan fingerprint density at radius 1 is 1.60 bits per heavy atom. The topological polar surface area (TPSA) is 52.5 Å². The Bertz CT molecular complexity index is 17.1. The van der Waals surface area contributed by atoms with Gasteiger partial charge in [0.15, 0.2) is 0 Å². The molecule has 0 aliphatic rings. The Hall–Kier alpha value is 0.647. The molecule has 0 amide bonds. The first kappa shape index (κ1) is 17.4. The molecule has 0 saturated heterocycles. The van der Waals surface area contributed by atoms with E-state index < -0.39 is 0 Å². The van der Waals surface area contributed by atoms with Crippen molar-refractivity contribution >= 4 is 17.4 Å². The summed E-state index contributed by atoms with van der Waals surface area (Å²) in [4.78, 5) is 8.00. The van der Waals surface area contributed by atoms with Gasteiger partial charge in [-0.2, -0.15) is 0 Å². The maximum Gasteiger partial charge on any atom is 3.00 e. The summed E-state index contributed by atoms with van der Waals surface area (Å²) < 4.78 is 0. The van der Waals surface area contributed by atoms with E-state index in [2.05, 4.69) is 0 Å². The van der Waals surface area contributed by atoms with Crippen LogP contribution in [0.15, 0.2) is 5.34 Å². The molecular weight excluding hydrogens is 121 g/mol. The SMILES string of the molecule is O=N[O-].[Al+3].[Ti+2]. The van der Waals surface area contributed by atoms with Gasteiger partial charge in [0.1, 0.15) is 0 Å². The van der Waals surface area contributed by atoms with E-state index in [4.69, 9.17) is 10.1 Å². The molecular formula is AlNO2Ti+4. The monoisotopic (exact) mass is 121 g/mol. The van der Waals surface area contributed by atoms with E-state index in [1.165, 1.54) is 0 Å². The van der Waals surface area contributed by atoms with E-state index in [0.29, 0.717) is 0 Å². The fourth-order valence-corrected chi connectivity index (χ4v) is 0. The van der Waals surface area contributed by atoms with Crippen LogP contribution >= 0.6 is 0 Å². The van der Waals surface area contributed by atoms with Crippen LogP contribution in [-0.4, -0.2) is 17.4 Å². The van der Waals surface area contributed by atoms with Crippen LogP contribution in [0, 0.1) is 10.1 Å². The van der Waals surface area contributed by atoms with E-state index in [0.717, 1.165) is 5.34 Å². The largest absolute Gasteiger partial charge is 3.00 e. The molecule has 0 aliphatic carbocycles. The van der Waals surface area contributed by atoms with Gasteiger partial charge in [-0.15, -0.1) is 5.34 Å². The van der Waals surface area contributed by atoms with Crippen molar-refractivity contribution in [2.75, 3.05) is 0 Å². The first-order chi connectivity index (χ1) is 1.41. The summed E-state index contributed by atoms with van der Waals surface area (Å²) in [7, 11) is 0. The summed E-state index contributed by atoms with van der Waals surface area (Å²) >= 11 is 0. The molecule has 0 aromatic carbocycles. The number of nitrogens with zero attached hydrogens (tertiary/aromatic N) is 1. The zero-order chi connectivity index (χ0) is 2.71. The Labute approximate surface area is 54.7 Å². The number of hydrogen-bond donors (Lipinski definition) is 0. The van der Waals surface area contributed by atoms with Crippen molar-refractivity contribution in [2.45, 2.75) is 0 Å². The van der Waals surface area contributed by atoms with E-state index in [1.54, 1.807) is 0 Å². The van der Waals surface area contributed by atoms with Crippen molar-refractivity contribution in [1.82, 2.24) is 0 Å². The van der Waals surface area contributed by atoms with E-state index >= 15 is 0 Å². The van der Waals surface area contributed by atoms with Crippen molar-refractivity contribution in [1.29, 1.82) is 0 Å². The average Bonchev–Trinajstić information content (AvgIpc) is 0.918. The number of rotatable bonds is 0. The first-order valence-electron chi connectivity index (χ1n) is 0.365. The van der Waals surface area contributed by atoms with E-state index in [1.807, 2.05) is 0 Å². The minimum absolute atomic E-state index is 0. The smallest absolute Gasteiger partial charge is 0.444 e. The summed E-state index contributed by atoms with van der Waals surface area (Å²) in [6, 6.07) is 0. The molecule has 0 heterocycles. The summed E-state index contributed by atoms with van der Waals surface area (Å²) in [5.74, 6) is 0. The second kappa shape index (κ2) is 22.8. The molecule has 0 rings (SSSR count). The van der Waals surface area contributed by atoms with Crippen LogP contribution in [0.5, 0.6) is 0 Å². The number of hydrogen-bond acceptors (Lipinski definition) is 3. The second-order valence-corrected chi connectivity index (χ2v) is 0.0745. The van der Waals surface area contributed by atoms with Crippen molar-refractivity contribution in [3.63, 3.8) is 0 Å². The van der Waals surface area contributed by atoms with E-state index in [9.17, 15) is 0 Å². The molecule has 0 N–H and O–H groups in total. The third-order valence-electron chi connectivity index (χ3n) is 0. The van der Waals surface area contributed by atoms with Gasteiger partial charge in [0, 0.05) is 0 Å². The van der Waals surface area contributed by atoms with Crippen molar-refractivity contribution in [3.05, 3.63) is 10.1 Å². The Balaban J connectivity index is -0.0000000200. The van der Waals surface area contributed by atoms with Gasteiger partial charge in [0.2, 0.25) is 0 Å². The third-order valence-corrected chi connectivity index (χ3v) is 0. The Kier molecular flexibility index (Phi) is 79.3. The van der Waals surface area contributed by atoms with Crippen LogP contribution < -0.4 is 0 Å². The molecule has 0 aliphatic heterocycles. The predicted molar refractivity (Wildman–Crippen MR) is 14.9 cm³/mol. The van der Waals surface area contributed by atoms with Crippen LogP contribution in [0.2, 0.25) is 0 Å². The quantitative estimate of drug-likeness (QED) is 0.254. The van der Waals surface area contributed by atoms with Gasteiger partial charge in [0.05, 0.1) is 0 Å². The zero-order valence-electron chi connectivity index (χ0n) is 2.34. The minimum atomic E-state index is 0. The molecule has 0 spiro atoms. The van der Waals surface area contributed by atoms with Gasteiger partial charge >= 0.3 is 39.1 Å². The second-order valence-electron chi connectivity index (χ2n) is 0.0745. The average molecular weight is 121 g/mol. The Morgan fingerprint density at radius 3 is 1.60 bits per heavy atom. The molecule has 5 heteroatoms. The van der Waals surface area contributed by atoms with Crippen LogP contribution in [0.1, 0.15) is 0 Å². The van der Waals surface area contributed by atoms with Crippen molar-refractivity contribution < 1.29 is 21.7 Å². The molecule has 0 saturated carbocycles. The van der Waals surface area contributed by atoms with Crippen LogP contribution in [0.4, 0.5) is 0 Å². The molecule has 3 nitrogen and oxygen atoms in total. The normalized spacial score (nSPS) is 2.40. The van der Waals surface area contributed by atoms with Gasteiger partial charge in [0.25, 0.3) is 0 Å². The summed E-state index contributed by atoms with van der Waals surface area (Å²) in [6.07, 6.45) is 0. The van der Waals surface area contributed by atoms with Gasteiger partial charge < -0.3 is 10.1 Å². The van der Waals surface area contributed by atoms with Crippen molar-refractivity contribution in [2.24, 2.45) is 5.34 Å². The molecule has 0 atom stereocenters. The van der Waals surface area contributed by atoms with Gasteiger partial charge in [-0.25, -0.2) is 0 Å². The summed E-state index contributed by atoms with van der Waals surface area (Å²) in [5.41, 5.74) is 0. The molecule has 0 unspecified atom stereocenters. The third kappa shape index (κ3) is 77.8. The van der Waals surface area contributed by atoms with Gasteiger partial charge in [-0.3, -0.25) is 0 Å². The van der Waals surface area contributed by atoms with Crippen LogP contribution in [0.3, 0.4) is 0 Å². The standard InChI is InChI=1S/Al.HNO2.Ti/c;2-1-3;/h;(H,2,3);/q+3;;+2/p-1. The summed E-state index contributed by atoms with van der Waals surface area (Å²) in [6.45, 7) is 0.